The maximum absolute atomic E-state index is 12.8. The summed E-state index contributed by atoms with van der Waals surface area (Å²) in [5.74, 6) is 4.08. The molecule has 0 spiro atoms. The second-order valence-electron chi connectivity index (χ2n) is 2.96. The molecule has 0 saturated heterocycles. The van der Waals surface area contributed by atoms with E-state index in [0.29, 0.717) is 11.3 Å². The van der Waals surface area contributed by atoms with Crippen molar-refractivity contribution in [2.45, 2.75) is 6.92 Å². The minimum atomic E-state index is -1.03. The standard InChI is InChI=1S/C9H11FN2O2/c1-6-4-7(2-3-8(6)10)12(11)5-9(13)14/h2-4H,5,11H2,1H3,(H,13,14). The Morgan fingerprint density at radius 1 is 1.64 bits per heavy atom. The number of carboxylic acid groups (broad SMARTS) is 1. The highest BCUT2D eigenvalue weighted by Crippen LogP contribution is 2.15. The SMILES string of the molecule is Cc1cc(N(N)CC(=O)O)ccc1F. The number of hydrogen-bond donors (Lipinski definition) is 2. The topological polar surface area (TPSA) is 66.6 Å². The average Bonchev–Trinajstić information content (AvgIpc) is 2.08. The Kier molecular flexibility index (Phi) is 3.03. The predicted molar refractivity (Wildman–Crippen MR) is 50.3 cm³/mol. The van der Waals surface area contributed by atoms with E-state index in [9.17, 15) is 9.18 Å². The Hall–Kier alpha value is -1.62. The van der Waals surface area contributed by atoms with Crippen LogP contribution in [0, 0.1) is 12.7 Å². The maximum Gasteiger partial charge on any atom is 0.324 e. The van der Waals surface area contributed by atoms with Gasteiger partial charge in [-0.2, -0.15) is 0 Å². The number of rotatable bonds is 3. The smallest absolute Gasteiger partial charge is 0.324 e. The molecule has 0 aliphatic heterocycles. The van der Waals surface area contributed by atoms with E-state index >= 15 is 0 Å². The first-order valence-corrected chi connectivity index (χ1v) is 4.01. The van der Waals surface area contributed by atoms with Gasteiger partial charge in [0.2, 0.25) is 0 Å². The Labute approximate surface area is 80.7 Å². The number of aliphatic carboxylic acids is 1. The number of hydrazine groups is 1. The van der Waals surface area contributed by atoms with Crippen molar-refractivity contribution in [3.8, 4) is 0 Å². The molecule has 76 valence electrons. The first-order chi connectivity index (χ1) is 6.50. The largest absolute Gasteiger partial charge is 0.480 e. The summed E-state index contributed by atoms with van der Waals surface area (Å²) in [4.78, 5) is 10.3. The summed E-state index contributed by atoms with van der Waals surface area (Å²) in [7, 11) is 0. The van der Waals surface area contributed by atoms with E-state index in [1.54, 1.807) is 6.92 Å². The molecule has 3 N–H and O–H groups in total. The first-order valence-electron chi connectivity index (χ1n) is 4.01. The molecule has 0 radical (unpaired) electrons. The monoisotopic (exact) mass is 198 g/mol. The van der Waals surface area contributed by atoms with Gasteiger partial charge in [-0.3, -0.25) is 9.80 Å². The zero-order chi connectivity index (χ0) is 10.7. The molecule has 0 unspecified atom stereocenters. The number of nitrogens with two attached hydrogens (primary N) is 1. The first kappa shape index (κ1) is 10.5. The molecule has 0 aliphatic carbocycles. The van der Waals surface area contributed by atoms with Crippen molar-refractivity contribution < 1.29 is 14.3 Å². The number of carbonyl (C=O) groups is 1. The third-order valence-electron chi connectivity index (χ3n) is 1.78. The van der Waals surface area contributed by atoms with Crippen LogP contribution < -0.4 is 10.9 Å². The molecule has 0 aromatic heterocycles. The molecule has 4 nitrogen and oxygen atoms in total. The van der Waals surface area contributed by atoms with Gasteiger partial charge < -0.3 is 5.11 Å². The summed E-state index contributed by atoms with van der Waals surface area (Å²) in [6.45, 7) is 1.28. The molecule has 0 fully saturated rings. The highest BCUT2D eigenvalue weighted by molar-refractivity contribution is 5.73. The van der Waals surface area contributed by atoms with Crippen LogP contribution in [0.15, 0.2) is 18.2 Å². The number of anilines is 1. The van der Waals surface area contributed by atoms with Crippen LogP contribution in [0.25, 0.3) is 0 Å². The second-order valence-corrected chi connectivity index (χ2v) is 2.96. The lowest BCUT2D eigenvalue weighted by Gasteiger charge is -2.16. The minimum absolute atomic E-state index is 0.314. The third kappa shape index (κ3) is 2.43. The van der Waals surface area contributed by atoms with Crippen molar-refractivity contribution in [3.05, 3.63) is 29.6 Å². The van der Waals surface area contributed by atoms with Gasteiger partial charge in [0.05, 0.1) is 5.69 Å². The van der Waals surface area contributed by atoms with Gasteiger partial charge in [0.15, 0.2) is 0 Å². The number of benzene rings is 1. The molecule has 14 heavy (non-hydrogen) atoms. The van der Waals surface area contributed by atoms with Gasteiger partial charge in [0.25, 0.3) is 0 Å². The van der Waals surface area contributed by atoms with E-state index in [1.165, 1.54) is 18.2 Å². The molecule has 1 aromatic rings. The van der Waals surface area contributed by atoms with E-state index in [2.05, 4.69) is 0 Å². The van der Waals surface area contributed by atoms with E-state index in [-0.39, 0.29) is 12.4 Å². The van der Waals surface area contributed by atoms with Crippen LogP contribution in [0.4, 0.5) is 10.1 Å². The van der Waals surface area contributed by atoms with Crippen LogP contribution in [-0.4, -0.2) is 17.6 Å². The normalized spacial score (nSPS) is 9.93. The summed E-state index contributed by atoms with van der Waals surface area (Å²) < 4.78 is 12.8. The van der Waals surface area contributed by atoms with Gasteiger partial charge in [0.1, 0.15) is 12.4 Å². The van der Waals surface area contributed by atoms with Gasteiger partial charge in [-0.15, -0.1) is 0 Å². The van der Waals surface area contributed by atoms with Gasteiger partial charge >= 0.3 is 5.97 Å². The molecule has 1 aromatic carbocycles. The Balaban J connectivity index is 2.85. The van der Waals surface area contributed by atoms with Crippen LogP contribution in [0.1, 0.15) is 5.56 Å². The van der Waals surface area contributed by atoms with Crippen molar-refractivity contribution in [2.24, 2.45) is 5.84 Å². The third-order valence-corrected chi connectivity index (χ3v) is 1.78. The molecular weight excluding hydrogens is 187 g/mol. The summed E-state index contributed by atoms with van der Waals surface area (Å²) >= 11 is 0. The van der Waals surface area contributed by atoms with Crippen molar-refractivity contribution in [2.75, 3.05) is 11.6 Å². The summed E-state index contributed by atoms with van der Waals surface area (Å²) in [6.07, 6.45) is 0. The van der Waals surface area contributed by atoms with E-state index in [0.717, 1.165) is 5.01 Å². The lowest BCUT2D eigenvalue weighted by Crippen LogP contribution is -2.35. The number of carboxylic acids is 1. The van der Waals surface area contributed by atoms with Crippen LogP contribution in [0.3, 0.4) is 0 Å². The Bertz CT molecular complexity index is 355. The van der Waals surface area contributed by atoms with Gasteiger partial charge in [-0.1, -0.05) is 0 Å². The number of nitrogens with zero attached hydrogens (tertiary/aromatic N) is 1. The molecule has 5 heteroatoms. The van der Waals surface area contributed by atoms with Crippen molar-refractivity contribution >= 4 is 11.7 Å². The fraction of sp³-hybridized carbons (Fsp3) is 0.222. The van der Waals surface area contributed by atoms with Crippen molar-refractivity contribution in [1.29, 1.82) is 0 Å². The van der Waals surface area contributed by atoms with E-state index in [4.69, 9.17) is 10.9 Å². The predicted octanol–water partition coefficient (Wildman–Crippen LogP) is 0.899. The van der Waals surface area contributed by atoms with Gasteiger partial charge in [-0.05, 0) is 30.7 Å². The lowest BCUT2D eigenvalue weighted by molar-refractivity contribution is -0.135. The molecule has 0 bridgehead atoms. The molecule has 0 heterocycles. The molecule has 1 rings (SSSR count). The van der Waals surface area contributed by atoms with Gasteiger partial charge in [-0.25, -0.2) is 10.2 Å². The van der Waals surface area contributed by atoms with Crippen molar-refractivity contribution in [1.82, 2.24) is 0 Å². The number of hydrogen-bond acceptors (Lipinski definition) is 3. The fourth-order valence-electron chi connectivity index (χ4n) is 1.04. The molecule has 0 atom stereocenters. The average molecular weight is 198 g/mol. The van der Waals surface area contributed by atoms with Crippen molar-refractivity contribution in [3.63, 3.8) is 0 Å². The molecular formula is C9H11FN2O2. The Morgan fingerprint density at radius 2 is 2.29 bits per heavy atom. The maximum atomic E-state index is 12.8. The molecule has 0 saturated carbocycles. The fourth-order valence-corrected chi connectivity index (χ4v) is 1.04. The number of halogens is 1. The summed E-state index contributed by atoms with van der Waals surface area (Å²) in [5.41, 5.74) is 0.912. The molecule has 0 amide bonds. The second kappa shape index (κ2) is 4.06. The zero-order valence-electron chi connectivity index (χ0n) is 7.70. The number of aryl methyl sites for hydroxylation is 1. The lowest BCUT2D eigenvalue weighted by atomic mass is 10.2. The quantitative estimate of drug-likeness (QED) is 0.559. The molecule has 0 aliphatic rings. The van der Waals surface area contributed by atoms with E-state index < -0.39 is 5.97 Å². The summed E-state index contributed by atoms with van der Waals surface area (Å²) in [5, 5.41) is 9.52. The minimum Gasteiger partial charge on any atom is -0.480 e. The van der Waals surface area contributed by atoms with E-state index in [1.807, 2.05) is 0 Å². The van der Waals surface area contributed by atoms with Crippen LogP contribution in [0.2, 0.25) is 0 Å². The van der Waals surface area contributed by atoms with Crippen LogP contribution >= 0.6 is 0 Å². The highest BCUT2D eigenvalue weighted by Gasteiger charge is 2.07. The van der Waals surface area contributed by atoms with Crippen LogP contribution in [0.5, 0.6) is 0 Å². The van der Waals surface area contributed by atoms with Crippen LogP contribution in [-0.2, 0) is 4.79 Å². The Morgan fingerprint density at radius 3 is 2.79 bits per heavy atom. The zero-order valence-corrected chi connectivity index (χ0v) is 7.70. The summed E-state index contributed by atoms with van der Waals surface area (Å²) in [6, 6.07) is 4.19. The highest BCUT2D eigenvalue weighted by atomic mass is 19.1. The van der Waals surface area contributed by atoms with Gasteiger partial charge in [0, 0.05) is 0 Å².